The minimum Gasteiger partial charge on any atom is -0.387 e. The Morgan fingerprint density at radius 3 is 2.78 bits per heavy atom. The molecule has 0 aromatic heterocycles. The first kappa shape index (κ1) is 14.7. The highest BCUT2D eigenvalue weighted by molar-refractivity contribution is 5.75. The zero-order valence-corrected chi connectivity index (χ0v) is 10.8. The van der Waals surface area contributed by atoms with E-state index >= 15 is 0 Å². The Hall–Kier alpha value is -1.39. The third-order valence-electron chi connectivity index (χ3n) is 2.57. The molecule has 1 rings (SSSR count). The van der Waals surface area contributed by atoms with E-state index in [4.69, 9.17) is 4.74 Å². The molecule has 2 N–H and O–H groups in total. The Balaban J connectivity index is 2.18. The van der Waals surface area contributed by atoms with Gasteiger partial charge in [0.1, 0.15) is 0 Å². The zero-order chi connectivity index (χ0) is 13.2. The van der Waals surface area contributed by atoms with Crippen LogP contribution in [0.3, 0.4) is 0 Å². The van der Waals surface area contributed by atoms with Gasteiger partial charge in [-0.25, -0.2) is 0 Å². The smallest absolute Gasteiger partial charge is 0.220 e. The van der Waals surface area contributed by atoms with E-state index < -0.39 is 6.10 Å². The number of carbonyl (C=O) groups is 1. The number of carbonyl (C=O) groups excluding carboxylic acids is 1. The predicted molar refractivity (Wildman–Crippen MR) is 70.1 cm³/mol. The molecule has 18 heavy (non-hydrogen) atoms. The molecule has 0 aliphatic heterocycles. The van der Waals surface area contributed by atoms with Crippen LogP contribution in [0.15, 0.2) is 30.3 Å². The summed E-state index contributed by atoms with van der Waals surface area (Å²) in [4.78, 5) is 11.5. The van der Waals surface area contributed by atoms with Crippen molar-refractivity contribution in [2.24, 2.45) is 0 Å². The van der Waals surface area contributed by atoms with Gasteiger partial charge in [0.15, 0.2) is 0 Å². The minimum absolute atomic E-state index is 0.0512. The van der Waals surface area contributed by atoms with E-state index in [9.17, 15) is 9.90 Å². The van der Waals surface area contributed by atoms with Crippen LogP contribution >= 0.6 is 0 Å². The van der Waals surface area contributed by atoms with Crippen LogP contribution in [0.1, 0.15) is 31.4 Å². The normalized spacial score (nSPS) is 12.1. The second-order valence-corrected chi connectivity index (χ2v) is 4.03. The molecule has 4 nitrogen and oxygen atoms in total. The van der Waals surface area contributed by atoms with Crippen LogP contribution < -0.4 is 5.32 Å². The number of benzene rings is 1. The third-order valence-corrected chi connectivity index (χ3v) is 2.57. The van der Waals surface area contributed by atoms with Gasteiger partial charge < -0.3 is 15.2 Å². The van der Waals surface area contributed by atoms with Crippen LogP contribution in [0.25, 0.3) is 0 Å². The van der Waals surface area contributed by atoms with Crippen molar-refractivity contribution in [1.82, 2.24) is 5.32 Å². The Morgan fingerprint density at radius 2 is 2.11 bits per heavy atom. The van der Waals surface area contributed by atoms with Gasteiger partial charge in [-0.3, -0.25) is 4.79 Å². The van der Waals surface area contributed by atoms with Crippen molar-refractivity contribution in [3.63, 3.8) is 0 Å². The van der Waals surface area contributed by atoms with Gasteiger partial charge in [-0.2, -0.15) is 0 Å². The fraction of sp³-hybridized carbons (Fsp3) is 0.500. The number of amides is 1. The van der Waals surface area contributed by atoms with Gasteiger partial charge >= 0.3 is 0 Å². The van der Waals surface area contributed by atoms with Gasteiger partial charge in [0.2, 0.25) is 5.91 Å². The van der Waals surface area contributed by atoms with Gasteiger partial charge in [0.05, 0.1) is 6.10 Å². The first-order chi connectivity index (χ1) is 8.74. The summed E-state index contributed by atoms with van der Waals surface area (Å²) in [6, 6.07) is 9.30. The van der Waals surface area contributed by atoms with Crippen LogP contribution in [-0.4, -0.2) is 30.8 Å². The molecule has 0 bridgehead atoms. The molecule has 1 amide bonds. The molecule has 0 spiro atoms. The monoisotopic (exact) mass is 251 g/mol. The van der Waals surface area contributed by atoms with Gasteiger partial charge in [0.25, 0.3) is 0 Å². The first-order valence-corrected chi connectivity index (χ1v) is 6.31. The van der Waals surface area contributed by atoms with Crippen LogP contribution in [0, 0.1) is 0 Å². The summed E-state index contributed by atoms with van der Waals surface area (Å²) < 4.78 is 5.15. The number of rotatable bonds is 8. The molecule has 1 unspecified atom stereocenters. The van der Waals surface area contributed by atoms with Crippen molar-refractivity contribution in [1.29, 1.82) is 0 Å². The van der Waals surface area contributed by atoms with E-state index in [1.54, 1.807) is 0 Å². The number of aliphatic hydroxyl groups is 1. The molecule has 0 radical (unpaired) electrons. The van der Waals surface area contributed by atoms with Crippen LogP contribution in [0.4, 0.5) is 0 Å². The van der Waals surface area contributed by atoms with Crippen LogP contribution in [-0.2, 0) is 9.53 Å². The van der Waals surface area contributed by atoms with E-state index in [1.807, 2.05) is 37.3 Å². The van der Waals surface area contributed by atoms with Gasteiger partial charge in [-0.15, -0.1) is 0 Å². The molecule has 0 heterocycles. The maximum atomic E-state index is 11.5. The molecule has 0 aliphatic rings. The minimum atomic E-state index is -0.651. The molecule has 1 aromatic rings. The zero-order valence-electron chi connectivity index (χ0n) is 10.8. The first-order valence-electron chi connectivity index (χ1n) is 6.31. The summed E-state index contributed by atoms with van der Waals surface area (Å²) in [5, 5.41) is 12.6. The lowest BCUT2D eigenvalue weighted by molar-refractivity contribution is -0.121. The maximum Gasteiger partial charge on any atom is 0.220 e. The van der Waals surface area contributed by atoms with Crippen molar-refractivity contribution < 1.29 is 14.6 Å². The summed E-state index contributed by atoms with van der Waals surface area (Å²) >= 11 is 0. The SMILES string of the molecule is CCOCCCC(=O)NCC(O)c1ccccc1. The molecular formula is C14H21NO3. The van der Waals surface area contributed by atoms with E-state index in [1.165, 1.54) is 0 Å². The summed E-state index contributed by atoms with van der Waals surface area (Å²) in [7, 11) is 0. The van der Waals surface area contributed by atoms with Gasteiger partial charge in [-0.05, 0) is 18.9 Å². The summed E-state index contributed by atoms with van der Waals surface area (Å²) in [5.41, 5.74) is 0.812. The highest BCUT2D eigenvalue weighted by atomic mass is 16.5. The predicted octanol–water partition coefficient (Wildman–Crippen LogP) is 1.65. The molecule has 0 fully saturated rings. The largest absolute Gasteiger partial charge is 0.387 e. The Bertz CT molecular complexity index is 340. The summed E-state index contributed by atoms with van der Waals surface area (Å²) in [5.74, 6) is -0.0512. The van der Waals surface area contributed by atoms with E-state index in [0.29, 0.717) is 26.1 Å². The van der Waals surface area contributed by atoms with Crippen LogP contribution in [0.5, 0.6) is 0 Å². The molecule has 0 saturated heterocycles. The summed E-state index contributed by atoms with van der Waals surface area (Å²) in [6.45, 7) is 3.45. The fourth-order valence-corrected chi connectivity index (χ4v) is 1.57. The Kier molecular flexibility index (Phi) is 7.06. The topological polar surface area (TPSA) is 58.6 Å². The number of aliphatic hydroxyl groups excluding tert-OH is 1. The number of hydrogen-bond acceptors (Lipinski definition) is 3. The average molecular weight is 251 g/mol. The highest BCUT2D eigenvalue weighted by Crippen LogP contribution is 2.10. The Morgan fingerprint density at radius 1 is 1.39 bits per heavy atom. The lowest BCUT2D eigenvalue weighted by Gasteiger charge is -2.12. The maximum absolute atomic E-state index is 11.5. The number of ether oxygens (including phenoxy) is 1. The molecule has 1 aromatic carbocycles. The molecule has 1 atom stereocenters. The molecule has 0 aliphatic carbocycles. The lowest BCUT2D eigenvalue weighted by atomic mass is 10.1. The van der Waals surface area contributed by atoms with E-state index in [0.717, 1.165) is 5.56 Å². The van der Waals surface area contributed by atoms with Crippen LogP contribution in [0.2, 0.25) is 0 Å². The van der Waals surface area contributed by atoms with Crippen molar-refractivity contribution in [2.75, 3.05) is 19.8 Å². The lowest BCUT2D eigenvalue weighted by Crippen LogP contribution is -2.28. The van der Waals surface area contributed by atoms with Crippen molar-refractivity contribution in [2.45, 2.75) is 25.9 Å². The third kappa shape index (κ3) is 5.80. The number of nitrogens with one attached hydrogen (secondary N) is 1. The standard InChI is InChI=1S/C14H21NO3/c1-2-18-10-6-9-14(17)15-11-13(16)12-7-4-3-5-8-12/h3-5,7-8,13,16H,2,6,9-11H2,1H3,(H,15,17). The van der Waals surface area contributed by atoms with Crippen molar-refractivity contribution in [3.8, 4) is 0 Å². The van der Waals surface area contributed by atoms with Crippen molar-refractivity contribution >= 4 is 5.91 Å². The van der Waals surface area contributed by atoms with Crippen molar-refractivity contribution in [3.05, 3.63) is 35.9 Å². The highest BCUT2D eigenvalue weighted by Gasteiger charge is 2.08. The molecular weight excluding hydrogens is 230 g/mol. The van der Waals surface area contributed by atoms with Gasteiger partial charge in [-0.1, -0.05) is 30.3 Å². The Labute approximate surface area is 108 Å². The quantitative estimate of drug-likeness (QED) is 0.691. The number of hydrogen-bond donors (Lipinski definition) is 2. The molecule has 4 heteroatoms. The second kappa shape index (κ2) is 8.66. The average Bonchev–Trinajstić information content (AvgIpc) is 2.42. The van der Waals surface area contributed by atoms with E-state index in [-0.39, 0.29) is 12.5 Å². The van der Waals surface area contributed by atoms with Gasteiger partial charge in [0, 0.05) is 26.2 Å². The molecule has 0 saturated carbocycles. The molecule has 100 valence electrons. The second-order valence-electron chi connectivity index (χ2n) is 4.03. The fourth-order valence-electron chi connectivity index (χ4n) is 1.57. The van der Waals surface area contributed by atoms with E-state index in [2.05, 4.69) is 5.32 Å². The summed E-state index contributed by atoms with van der Waals surface area (Å²) in [6.07, 6.45) is 0.491.